The molecule has 0 aliphatic heterocycles. The van der Waals surface area contributed by atoms with Crippen LogP contribution >= 0.6 is 0 Å². The van der Waals surface area contributed by atoms with Crippen molar-refractivity contribution in [2.75, 3.05) is 13.2 Å². The van der Waals surface area contributed by atoms with Crippen LogP contribution < -0.4 is 5.84 Å². The molecule has 0 bridgehead atoms. The summed E-state index contributed by atoms with van der Waals surface area (Å²) in [4.78, 5) is 12.4. The van der Waals surface area contributed by atoms with Crippen LogP contribution in [0.5, 0.6) is 0 Å². The van der Waals surface area contributed by atoms with Crippen molar-refractivity contribution < 1.29 is 9.53 Å². The molecule has 1 amide bonds. The Bertz CT molecular complexity index is 435. The summed E-state index contributed by atoms with van der Waals surface area (Å²) in [6, 6.07) is 5.74. The Hall–Kier alpha value is -1.39. The van der Waals surface area contributed by atoms with Gasteiger partial charge in [0, 0.05) is 12.2 Å². The number of carbonyl (C=O) groups is 1. The lowest BCUT2D eigenvalue weighted by atomic mass is 10.0. The quantitative estimate of drug-likeness (QED) is 0.505. The summed E-state index contributed by atoms with van der Waals surface area (Å²) in [6.07, 6.45) is 0. The number of nitrogens with two attached hydrogens (primary N) is 1. The third-order valence-corrected chi connectivity index (χ3v) is 3.00. The highest BCUT2D eigenvalue weighted by Gasteiger charge is 2.29. The summed E-state index contributed by atoms with van der Waals surface area (Å²) in [5, 5.41) is 1.26. The van der Waals surface area contributed by atoms with E-state index < -0.39 is 5.54 Å². The molecule has 0 spiro atoms. The number of aryl methyl sites for hydroxylation is 2. The zero-order valence-corrected chi connectivity index (χ0v) is 12.5. The van der Waals surface area contributed by atoms with Crippen molar-refractivity contribution in [2.45, 2.75) is 40.2 Å². The van der Waals surface area contributed by atoms with Gasteiger partial charge in [-0.1, -0.05) is 17.2 Å². The highest BCUT2D eigenvalue weighted by molar-refractivity contribution is 5.94. The summed E-state index contributed by atoms with van der Waals surface area (Å²) in [6.45, 7) is 10.7. The maximum atomic E-state index is 12.4. The fraction of sp³-hybridized carbons (Fsp3) is 0.533. The van der Waals surface area contributed by atoms with Crippen LogP contribution in [0.3, 0.4) is 0 Å². The molecular weight excluding hydrogens is 240 g/mol. The molecule has 1 aromatic carbocycles. The highest BCUT2D eigenvalue weighted by atomic mass is 16.5. The van der Waals surface area contributed by atoms with Gasteiger partial charge >= 0.3 is 0 Å². The van der Waals surface area contributed by atoms with Crippen LogP contribution in [0.15, 0.2) is 18.2 Å². The number of nitrogens with zero attached hydrogens (tertiary/aromatic N) is 1. The second-order valence-corrected chi connectivity index (χ2v) is 5.50. The van der Waals surface area contributed by atoms with Gasteiger partial charge in [0.25, 0.3) is 5.91 Å². The van der Waals surface area contributed by atoms with E-state index in [9.17, 15) is 4.79 Å². The number of ether oxygens (including phenoxy) is 1. The minimum Gasteiger partial charge on any atom is -0.379 e. The van der Waals surface area contributed by atoms with Gasteiger partial charge in [-0.25, -0.2) is 5.84 Å². The van der Waals surface area contributed by atoms with Crippen LogP contribution in [0.2, 0.25) is 0 Å². The normalized spacial score (nSPS) is 11.5. The first-order valence-corrected chi connectivity index (χ1v) is 6.53. The van der Waals surface area contributed by atoms with Crippen molar-refractivity contribution in [1.82, 2.24) is 5.01 Å². The third-order valence-electron chi connectivity index (χ3n) is 3.00. The molecule has 2 N–H and O–H groups in total. The topological polar surface area (TPSA) is 55.6 Å². The molecule has 0 aliphatic carbocycles. The van der Waals surface area contributed by atoms with Crippen LogP contribution in [0.4, 0.5) is 0 Å². The molecule has 4 nitrogen and oxygen atoms in total. The molecular formula is C15H24N2O2. The average Bonchev–Trinajstić information content (AvgIpc) is 2.33. The monoisotopic (exact) mass is 264 g/mol. The smallest absolute Gasteiger partial charge is 0.268 e. The maximum Gasteiger partial charge on any atom is 0.268 e. The highest BCUT2D eigenvalue weighted by Crippen LogP contribution is 2.17. The van der Waals surface area contributed by atoms with E-state index >= 15 is 0 Å². The predicted molar refractivity (Wildman–Crippen MR) is 76.8 cm³/mol. The molecule has 0 saturated carbocycles. The summed E-state index contributed by atoms with van der Waals surface area (Å²) >= 11 is 0. The number of hydrazine groups is 1. The van der Waals surface area contributed by atoms with Crippen molar-refractivity contribution in [3.05, 3.63) is 34.9 Å². The number of amides is 1. The van der Waals surface area contributed by atoms with E-state index in [1.807, 2.05) is 52.8 Å². The molecule has 0 fully saturated rings. The zero-order valence-electron chi connectivity index (χ0n) is 12.5. The number of carbonyl (C=O) groups excluding carboxylic acids is 1. The van der Waals surface area contributed by atoms with Gasteiger partial charge in [-0.05, 0) is 46.8 Å². The van der Waals surface area contributed by atoms with E-state index in [1.54, 1.807) is 0 Å². The van der Waals surface area contributed by atoms with Gasteiger partial charge in [0.1, 0.15) is 0 Å². The molecule has 4 heteroatoms. The molecule has 19 heavy (non-hydrogen) atoms. The Morgan fingerprint density at radius 1 is 1.26 bits per heavy atom. The fourth-order valence-electron chi connectivity index (χ4n) is 1.93. The van der Waals surface area contributed by atoms with E-state index in [4.69, 9.17) is 10.6 Å². The molecule has 0 radical (unpaired) electrons. The molecule has 0 aliphatic rings. The van der Waals surface area contributed by atoms with E-state index in [1.165, 1.54) is 5.01 Å². The Morgan fingerprint density at radius 2 is 1.79 bits per heavy atom. The summed E-state index contributed by atoms with van der Waals surface area (Å²) in [5.41, 5.74) is 2.19. The SMILES string of the molecule is CCOCC(C)(C)N(N)C(=O)c1cc(C)cc(C)c1. The van der Waals surface area contributed by atoms with E-state index in [0.717, 1.165) is 11.1 Å². The Labute approximate surface area is 115 Å². The summed E-state index contributed by atoms with van der Waals surface area (Å²) < 4.78 is 5.38. The largest absolute Gasteiger partial charge is 0.379 e. The Morgan fingerprint density at radius 3 is 2.26 bits per heavy atom. The minimum absolute atomic E-state index is 0.184. The molecule has 0 unspecified atom stereocenters. The standard InChI is InChI=1S/C15H24N2O2/c1-6-19-10-15(4,5)17(16)14(18)13-8-11(2)7-12(3)9-13/h7-9H,6,10,16H2,1-5H3. The number of hydrogen-bond donors (Lipinski definition) is 1. The zero-order chi connectivity index (χ0) is 14.6. The molecule has 1 aromatic rings. The average molecular weight is 264 g/mol. The van der Waals surface area contributed by atoms with Gasteiger partial charge in [-0.3, -0.25) is 9.80 Å². The molecule has 106 valence electrons. The molecule has 0 atom stereocenters. The van der Waals surface area contributed by atoms with Gasteiger partial charge in [0.05, 0.1) is 12.1 Å². The van der Waals surface area contributed by atoms with Crippen molar-refractivity contribution in [3.8, 4) is 0 Å². The van der Waals surface area contributed by atoms with Crippen LogP contribution in [-0.2, 0) is 4.74 Å². The summed E-state index contributed by atoms with van der Waals surface area (Å²) in [7, 11) is 0. The number of rotatable bonds is 5. The van der Waals surface area contributed by atoms with Crippen LogP contribution in [0.25, 0.3) is 0 Å². The first-order chi connectivity index (χ1) is 8.77. The molecule has 0 heterocycles. The number of hydrogen-bond acceptors (Lipinski definition) is 3. The van der Waals surface area contributed by atoms with E-state index in [0.29, 0.717) is 18.8 Å². The molecule has 0 saturated heterocycles. The van der Waals surface area contributed by atoms with Crippen molar-refractivity contribution in [2.24, 2.45) is 5.84 Å². The lowest BCUT2D eigenvalue weighted by Crippen LogP contribution is -2.54. The Balaban J connectivity index is 2.92. The van der Waals surface area contributed by atoms with Crippen LogP contribution in [-0.4, -0.2) is 29.7 Å². The van der Waals surface area contributed by atoms with Gasteiger partial charge in [-0.15, -0.1) is 0 Å². The van der Waals surface area contributed by atoms with Gasteiger partial charge in [0.2, 0.25) is 0 Å². The third kappa shape index (κ3) is 4.04. The first kappa shape index (κ1) is 15.7. The predicted octanol–water partition coefficient (Wildman–Crippen LogP) is 2.43. The van der Waals surface area contributed by atoms with Crippen molar-refractivity contribution in [3.63, 3.8) is 0 Å². The number of benzene rings is 1. The van der Waals surface area contributed by atoms with E-state index in [-0.39, 0.29) is 5.91 Å². The summed E-state index contributed by atoms with van der Waals surface area (Å²) in [5.74, 6) is 5.79. The second kappa shape index (κ2) is 6.17. The van der Waals surface area contributed by atoms with Crippen LogP contribution in [0, 0.1) is 13.8 Å². The van der Waals surface area contributed by atoms with Gasteiger partial charge in [0.15, 0.2) is 0 Å². The fourth-order valence-corrected chi connectivity index (χ4v) is 1.93. The maximum absolute atomic E-state index is 12.4. The van der Waals surface area contributed by atoms with Crippen molar-refractivity contribution >= 4 is 5.91 Å². The minimum atomic E-state index is -0.537. The second-order valence-electron chi connectivity index (χ2n) is 5.50. The lowest BCUT2D eigenvalue weighted by Gasteiger charge is -2.34. The van der Waals surface area contributed by atoms with Crippen LogP contribution in [0.1, 0.15) is 42.3 Å². The molecule has 1 rings (SSSR count). The Kier molecular flexibility index (Phi) is 5.09. The molecule has 0 aromatic heterocycles. The van der Waals surface area contributed by atoms with E-state index in [2.05, 4.69) is 0 Å². The first-order valence-electron chi connectivity index (χ1n) is 6.53. The van der Waals surface area contributed by atoms with Gasteiger partial charge < -0.3 is 4.74 Å². The van der Waals surface area contributed by atoms with Crippen molar-refractivity contribution in [1.29, 1.82) is 0 Å². The lowest BCUT2D eigenvalue weighted by molar-refractivity contribution is 0.0150. The van der Waals surface area contributed by atoms with Gasteiger partial charge in [-0.2, -0.15) is 0 Å².